The highest BCUT2D eigenvalue weighted by Crippen LogP contribution is 2.43. The molecule has 29 heavy (non-hydrogen) atoms. The van der Waals surface area contributed by atoms with Gasteiger partial charge in [0.2, 0.25) is 0 Å². The summed E-state index contributed by atoms with van der Waals surface area (Å²) in [5, 5.41) is 9.90. The predicted octanol–water partition coefficient (Wildman–Crippen LogP) is 3.59. The van der Waals surface area contributed by atoms with Crippen LogP contribution in [0.2, 0.25) is 0 Å². The smallest absolute Gasteiger partial charge is 0.337 e. The molecule has 0 aromatic heterocycles. The van der Waals surface area contributed by atoms with Crippen molar-refractivity contribution >= 4 is 11.9 Å². The lowest BCUT2D eigenvalue weighted by Gasteiger charge is -2.37. The van der Waals surface area contributed by atoms with Gasteiger partial charge in [-0.1, -0.05) is 0 Å². The molecular formula is C21H25F2NO5. The highest BCUT2D eigenvalue weighted by Gasteiger charge is 2.41. The summed E-state index contributed by atoms with van der Waals surface area (Å²) < 4.78 is 39.0. The molecule has 1 aromatic rings. The van der Waals surface area contributed by atoms with Crippen LogP contribution in [0.4, 0.5) is 8.78 Å². The molecule has 0 radical (unpaired) electrons. The van der Waals surface area contributed by atoms with Gasteiger partial charge >= 0.3 is 11.9 Å². The number of benzene rings is 1. The summed E-state index contributed by atoms with van der Waals surface area (Å²) in [6.07, 6.45) is -0.478. The molecule has 1 heterocycles. The van der Waals surface area contributed by atoms with Gasteiger partial charge in [-0.25, -0.2) is 18.4 Å². The number of allylic oxidation sites excluding steroid dienone is 2. The molecule has 1 N–H and O–H groups in total. The van der Waals surface area contributed by atoms with Crippen molar-refractivity contribution in [2.24, 2.45) is 0 Å². The summed E-state index contributed by atoms with van der Waals surface area (Å²) in [6, 6.07) is 2.76. The predicted molar refractivity (Wildman–Crippen MR) is 102 cm³/mol. The minimum absolute atomic E-state index is 0.0395. The molecule has 1 aromatic carbocycles. The molecule has 0 aliphatic carbocycles. The van der Waals surface area contributed by atoms with Gasteiger partial charge < -0.3 is 19.5 Å². The monoisotopic (exact) mass is 409 g/mol. The molecule has 6 nitrogen and oxygen atoms in total. The number of rotatable bonds is 7. The topological polar surface area (TPSA) is 76.1 Å². The number of carboxylic acid groups (broad SMARTS) is 1. The van der Waals surface area contributed by atoms with Crippen LogP contribution >= 0.6 is 0 Å². The number of carbonyl (C=O) groups excluding carboxylic acids is 1. The van der Waals surface area contributed by atoms with Crippen molar-refractivity contribution in [2.45, 2.75) is 39.7 Å². The van der Waals surface area contributed by atoms with E-state index in [9.17, 15) is 23.5 Å². The van der Waals surface area contributed by atoms with Gasteiger partial charge in [-0.2, -0.15) is 0 Å². The zero-order chi connectivity index (χ0) is 21.9. The lowest BCUT2D eigenvalue weighted by molar-refractivity contribution is -0.143. The summed E-state index contributed by atoms with van der Waals surface area (Å²) >= 11 is 0. The van der Waals surface area contributed by atoms with Crippen molar-refractivity contribution in [3.63, 3.8) is 0 Å². The number of hydrogen-bond donors (Lipinski definition) is 1. The minimum atomic E-state index is -1.33. The zero-order valence-corrected chi connectivity index (χ0v) is 17.1. The molecule has 0 spiro atoms. The van der Waals surface area contributed by atoms with E-state index in [2.05, 4.69) is 0 Å². The molecular weight excluding hydrogens is 384 g/mol. The van der Waals surface area contributed by atoms with Crippen LogP contribution in [0.25, 0.3) is 0 Å². The first-order valence-corrected chi connectivity index (χ1v) is 9.17. The van der Waals surface area contributed by atoms with Crippen molar-refractivity contribution in [2.75, 3.05) is 20.3 Å². The molecule has 0 saturated carbocycles. The van der Waals surface area contributed by atoms with Crippen molar-refractivity contribution in [3.8, 4) is 0 Å². The van der Waals surface area contributed by atoms with Crippen molar-refractivity contribution < 1.29 is 33.0 Å². The van der Waals surface area contributed by atoms with Gasteiger partial charge in [-0.15, -0.1) is 0 Å². The van der Waals surface area contributed by atoms with Gasteiger partial charge in [0.15, 0.2) is 0 Å². The molecule has 0 fully saturated rings. The molecule has 1 atom stereocenters. The number of aliphatic carboxylic acids is 1. The maximum Gasteiger partial charge on any atom is 0.337 e. The number of nitrogens with zero attached hydrogens (tertiary/aromatic N) is 1. The largest absolute Gasteiger partial charge is 0.478 e. The van der Waals surface area contributed by atoms with E-state index in [1.54, 1.807) is 32.6 Å². The number of carboxylic acids is 1. The standard InChI is InChI=1S/C21H25F2NO5/c1-11(2)29-21(27)18-13(4)24(8-9-28-5)12(3)17(20(25)26)19(18)15-10-14(22)6-7-16(15)23/h6-7,10-11,19H,8-9H2,1-5H3,(H,25,26). The molecule has 158 valence electrons. The Bertz CT molecular complexity index is 876. The van der Waals surface area contributed by atoms with Crippen LogP contribution in [0, 0.1) is 11.6 Å². The quantitative estimate of drug-likeness (QED) is 0.694. The SMILES string of the molecule is COCCN1C(C)=C(C(=O)O)C(c2cc(F)ccc2F)C(C(=O)OC(C)C)=C1C. The van der Waals surface area contributed by atoms with Gasteiger partial charge in [-0.3, -0.25) is 0 Å². The lowest BCUT2D eigenvalue weighted by Crippen LogP contribution is -2.37. The first kappa shape index (κ1) is 22.5. The molecule has 0 amide bonds. The van der Waals surface area contributed by atoms with E-state index in [-0.39, 0.29) is 29.9 Å². The van der Waals surface area contributed by atoms with Crippen LogP contribution in [-0.4, -0.2) is 48.3 Å². The zero-order valence-electron chi connectivity index (χ0n) is 17.1. The highest BCUT2D eigenvalue weighted by molar-refractivity contribution is 5.99. The number of ether oxygens (including phenoxy) is 2. The highest BCUT2D eigenvalue weighted by atomic mass is 19.1. The Morgan fingerprint density at radius 3 is 2.34 bits per heavy atom. The first-order chi connectivity index (χ1) is 13.6. The Labute approximate surface area is 168 Å². The lowest BCUT2D eigenvalue weighted by atomic mass is 9.79. The number of carbonyl (C=O) groups is 2. The van der Waals surface area contributed by atoms with E-state index in [1.165, 1.54) is 7.11 Å². The third-order valence-electron chi connectivity index (χ3n) is 4.75. The van der Waals surface area contributed by atoms with E-state index in [0.29, 0.717) is 11.4 Å². The van der Waals surface area contributed by atoms with Gasteiger partial charge in [0.05, 0.1) is 29.8 Å². The van der Waals surface area contributed by atoms with Crippen LogP contribution in [0.15, 0.2) is 40.7 Å². The Hall–Kier alpha value is -2.74. The van der Waals surface area contributed by atoms with Crippen LogP contribution in [0.5, 0.6) is 0 Å². The van der Waals surface area contributed by atoms with Crippen molar-refractivity contribution in [3.05, 3.63) is 57.9 Å². The summed E-state index contributed by atoms with van der Waals surface area (Å²) in [7, 11) is 1.50. The number of halogens is 2. The van der Waals surface area contributed by atoms with Gasteiger partial charge in [-0.05, 0) is 45.9 Å². The third kappa shape index (κ3) is 4.64. The number of hydrogen-bond acceptors (Lipinski definition) is 5. The molecule has 0 bridgehead atoms. The van der Waals surface area contributed by atoms with E-state index < -0.39 is 35.6 Å². The van der Waals surface area contributed by atoms with E-state index in [4.69, 9.17) is 9.47 Å². The maximum absolute atomic E-state index is 14.7. The second kappa shape index (κ2) is 9.17. The second-order valence-corrected chi connectivity index (χ2v) is 7.00. The summed E-state index contributed by atoms with van der Waals surface area (Å²) in [6.45, 7) is 7.04. The first-order valence-electron chi connectivity index (χ1n) is 9.17. The summed E-state index contributed by atoms with van der Waals surface area (Å²) in [5.74, 6) is -4.97. The van der Waals surface area contributed by atoms with Crippen LogP contribution < -0.4 is 0 Å². The van der Waals surface area contributed by atoms with E-state index >= 15 is 0 Å². The summed E-state index contributed by atoms with van der Waals surface area (Å²) in [4.78, 5) is 26.7. The molecule has 1 aliphatic heterocycles. The van der Waals surface area contributed by atoms with Gasteiger partial charge in [0.1, 0.15) is 11.6 Å². The third-order valence-corrected chi connectivity index (χ3v) is 4.75. The molecule has 1 unspecified atom stereocenters. The van der Waals surface area contributed by atoms with Gasteiger partial charge in [0, 0.05) is 30.6 Å². The molecule has 0 saturated heterocycles. The average Bonchev–Trinajstić information content (AvgIpc) is 2.62. The van der Waals surface area contributed by atoms with Crippen LogP contribution in [0.3, 0.4) is 0 Å². The number of esters is 1. The fourth-order valence-electron chi connectivity index (χ4n) is 3.49. The Morgan fingerprint density at radius 1 is 1.17 bits per heavy atom. The molecule has 8 heteroatoms. The fourth-order valence-corrected chi connectivity index (χ4v) is 3.49. The van der Waals surface area contributed by atoms with E-state index in [0.717, 1.165) is 18.2 Å². The molecule has 2 rings (SSSR count). The second-order valence-electron chi connectivity index (χ2n) is 7.00. The Morgan fingerprint density at radius 2 is 1.79 bits per heavy atom. The number of methoxy groups -OCH3 is 1. The molecule has 1 aliphatic rings. The van der Waals surface area contributed by atoms with E-state index in [1.807, 2.05) is 0 Å². The van der Waals surface area contributed by atoms with Gasteiger partial charge in [0.25, 0.3) is 0 Å². The minimum Gasteiger partial charge on any atom is -0.478 e. The normalized spacial score (nSPS) is 17.2. The van der Waals surface area contributed by atoms with Crippen LogP contribution in [0.1, 0.15) is 39.2 Å². The summed E-state index contributed by atoms with van der Waals surface area (Å²) in [5.41, 5.74) is 0.239. The Balaban J connectivity index is 2.79. The fraction of sp³-hybridized carbons (Fsp3) is 0.429. The maximum atomic E-state index is 14.7. The van der Waals surface area contributed by atoms with Crippen molar-refractivity contribution in [1.82, 2.24) is 4.90 Å². The Kier molecular flexibility index (Phi) is 7.13. The van der Waals surface area contributed by atoms with Crippen molar-refractivity contribution in [1.29, 1.82) is 0 Å². The average molecular weight is 409 g/mol. The van der Waals surface area contributed by atoms with Crippen LogP contribution in [-0.2, 0) is 19.1 Å².